The van der Waals surface area contributed by atoms with Crippen LogP contribution in [-0.2, 0) is 6.54 Å². The molecule has 1 heterocycles. The Hall–Kier alpha value is -1.26. The second kappa shape index (κ2) is 7.50. The van der Waals surface area contributed by atoms with Gasteiger partial charge in [0.05, 0.1) is 14.2 Å². The normalized spacial score (nSPS) is 17.1. The van der Waals surface area contributed by atoms with Crippen LogP contribution in [0, 0.1) is 0 Å². The molecule has 112 valence electrons. The number of benzene rings is 1. The Morgan fingerprint density at radius 1 is 1.20 bits per heavy atom. The van der Waals surface area contributed by atoms with Crippen molar-refractivity contribution in [1.82, 2.24) is 10.2 Å². The van der Waals surface area contributed by atoms with Crippen molar-refractivity contribution in [2.24, 2.45) is 0 Å². The molecule has 0 radical (unpaired) electrons. The Morgan fingerprint density at radius 3 is 2.55 bits per heavy atom. The molecule has 0 saturated carbocycles. The van der Waals surface area contributed by atoms with Crippen molar-refractivity contribution in [3.63, 3.8) is 0 Å². The zero-order valence-electron chi connectivity index (χ0n) is 12.8. The summed E-state index contributed by atoms with van der Waals surface area (Å²) < 4.78 is 10.8. The van der Waals surface area contributed by atoms with Crippen LogP contribution in [0.5, 0.6) is 11.5 Å². The van der Waals surface area contributed by atoms with E-state index in [-0.39, 0.29) is 0 Å². The molecule has 1 fully saturated rings. The Balaban J connectivity index is 1.91. The largest absolute Gasteiger partial charge is 0.493 e. The van der Waals surface area contributed by atoms with Gasteiger partial charge >= 0.3 is 0 Å². The van der Waals surface area contributed by atoms with Crippen LogP contribution in [-0.4, -0.2) is 44.8 Å². The van der Waals surface area contributed by atoms with Gasteiger partial charge in [0.1, 0.15) is 0 Å². The fraction of sp³-hybridized carbons (Fsp3) is 0.625. The summed E-state index contributed by atoms with van der Waals surface area (Å²) in [5, 5.41) is 3.65. The van der Waals surface area contributed by atoms with Crippen molar-refractivity contribution in [3.05, 3.63) is 23.8 Å². The average molecular weight is 278 g/mol. The maximum atomic E-state index is 5.47. The second-order valence-corrected chi connectivity index (χ2v) is 5.24. The molecule has 1 aromatic carbocycles. The molecule has 1 saturated heterocycles. The van der Waals surface area contributed by atoms with E-state index in [1.165, 1.54) is 25.9 Å². The van der Waals surface area contributed by atoms with Crippen LogP contribution in [0.1, 0.15) is 25.3 Å². The first-order valence-electron chi connectivity index (χ1n) is 7.44. The van der Waals surface area contributed by atoms with Crippen molar-refractivity contribution in [3.8, 4) is 11.5 Å². The van der Waals surface area contributed by atoms with E-state index in [9.17, 15) is 0 Å². The third-order valence-electron chi connectivity index (χ3n) is 4.10. The van der Waals surface area contributed by atoms with E-state index in [1.807, 2.05) is 12.1 Å². The lowest BCUT2D eigenvalue weighted by Gasteiger charge is -2.31. The van der Waals surface area contributed by atoms with Crippen molar-refractivity contribution < 1.29 is 9.47 Å². The molecule has 2 rings (SSSR count). The minimum atomic E-state index is 0.605. The fourth-order valence-corrected chi connectivity index (χ4v) is 2.80. The number of likely N-dealkylation sites (tertiary alicyclic amines) is 1. The van der Waals surface area contributed by atoms with Crippen LogP contribution >= 0.6 is 0 Å². The van der Waals surface area contributed by atoms with E-state index in [0.717, 1.165) is 30.2 Å². The summed E-state index contributed by atoms with van der Waals surface area (Å²) in [6.45, 7) is 6.62. The molecule has 0 aromatic heterocycles. The summed E-state index contributed by atoms with van der Waals surface area (Å²) in [6, 6.07) is 6.64. The topological polar surface area (TPSA) is 33.7 Å². The van der Waals surface area contributed by atoms with E-state index in [1.54, 1.807) is 14.2 Å². The lowest BCUT2D eigenvalue weighted by atomic mass is 10.0. The quantitative estimate of drug-likeness (QED) is 0.865. The highest BCUT2D eigenvalue weighted by atomic mass is 16.5. The van der Waals surface area contributed by atoms with Crippen LogP contribution in [0.25, 0.3) is 0 Å². The van der Waals surface area contributed by atoms with Gasteiger partial charge in [-0.2, -0.15) is 0 Å². The van der Waals surface area contributed by atoms with E-state index in [0.29, 0.717) is 6.04 Å². The molecule has 1 aliphatic rings. The number of hydrogen-bond donors (Lipinski definition) is 1. The van der Waals surface area contributed by atoms with Gasteiger partial charge < -0.3 is 19.7 Å². The maximum Gasteiger partial charge on any atom is 0.165 e. The summed E-state index contributed by atoms with van der Waals surface area (Å²) >= 11 is 0. The predicted molar refractivity (Wildman–Crippen MR) is 81.5 cm³/mol. The molecule has 0 unspecified atom stereocenters. The molecule has 20 heavy (non-hydrogen) atoms. The smallest absolute Gasteiger partial charge is 0.165 e. The highest BCUT2D eigenvalue weighted by Gasteiger charge is 2.18. The van der Waals surface area contributed by atoms with Crippen LogP contribution in [0.2, 0.25) is 0 Å². The SMILES string of the molecule is CCN1CCC(NCc2cccc(OC)c2OC)CC1. The van der Waals surface area contributed by atoms with E-state index in [2.05, 4.69) is 23.2 Å². The molecule has 0 spiro atoms. The van der Waals surface area contributed by atoms with Gasteiger partial charge in [0, 0.05) is 18.2 Å². The Bertz CT molecular complexity index is 415. The van der Waals surface area contributed by atoms with Gasteiger partial charge in [-0.05, 0) is 38.5 Å². The van der Waals surface area contributed by atoms with Gasteiger partial charge in [-0.3, -0.25) is 0 Å². The van der Waals surface area contributed by atoms with Gasteiger partial charge in [0.15, 0.2) is 11.5 Å². The van der Waals surface area contributed by atoms with Crippen LogP contribution < -0.4 is 14.8 Å². The van der Waals surface area contributed by atoms with Crippen molar-refractivity contribution in [1.29, 1.82) is 0 Å². The molecule has 0 atom stereocenters. The zero-order chi connectivity index (χ0) is 14.4. The maximum absolute atomic E-state index is 5.47. The Labute approximate surface area is 122 Å². The van der Waals surface area contributed by atoms with Gasteiger partial charge in [-0.1, -0.05) is 19.1 Å². The predicted octanol–water partition coefficient (Wildman–Crippen LogP) is 2.28. The van der Waals surface area contributed by atoms with Crippen molar-refractivity contribution in [2.45, 2.75) is 32.4 Å². The summed E-state index contributed by atoms with van der Waals surface area (Å²) in [6.07, 6.45) is 2.44. The van der Waals surface area contributed by atoms with Crippen LogP contribution in [0.3, 0.4) is 0 Å². The number of nitrogens with one attached hydrogen (secondary N) is 1. The van der Waals surface area contributed by atoms with Gasteiger partial charge in [-0.15, -0.1) is 0 Å². The third-order valence-corrected chi connectivity index (χ3v) is 4.10. The van der Waals surface area contributed by atoms with Crippen molar-refractivity contribution in [2.75, 3.05) is 33.9 Å². The lowest BCUT2D eigenvalue weighted by Crippen LogP contribution is -2.42. The number of methoxy groups -OCH3 is 2. The van der Waals surface area contributed by atoms with Crippen LogP contribution in [0.15, 0.2) is 18.2 Å². The van der Waals surface area contributed by atoms with E-state index >= 15 is 0 Å². The number of para-hydroxylation sites is 1. The number of rotatable bonds is 6. The highest BCUT2D eigenvalue weighted by Crippen LogP contribution is 2.30. The average Bonchev–Trinajstić information content (AvgIpc) is 2.52. The molecular weight excluding hydrogens is 252 g/mol. The molecule has 1 N–H and O–H groups in total. The summed E-state index contributed by atoms with van der Waals surface area (Å²) in [5.74, 6) is 1.64. The first-order valence-corrected chi connectivity index (χ1v) is 7.44. The fourth-order valence-electron chi connectivity index (χ4n) is 2.80. The molecule has 0 bridgehead atoms. The van der Waals surface area contributed by atoms with Gasteiger partial charge in [0.25, 0.3) is 0 Å². The number of nitrogens with zero attached hydrogens (tertiary/aromatic N) is 1. The molecule has 0 amide bonds. The van der Waals surface area contributed by atoms with Gasteiger partial charge in [-0.25, -0.2) is 0 Å². The summed E-state index contributed by atoms with van der Waals surface area (Å²) in [5.41, 5.74) is 1.16. The molecular formula is C16H26N2O2. The molecule has 0 aliphatic carbocycles. The van der Waals surface area contributed by atoms with E-state index in [4.69, 9.17) is 9.47 Å². The number of hydrogen-bond acceptors (Lipinski definition) is 4. The van der Waals surface area contributed by atoms with E-state index < -0.39 is 0 Å². The molecule has 4 nitrogen and oxygen atoms in total. The third kappa shape index (κ3) is 3.64. The van der Waals surface area contributed by atoms with Crippen molar-refractivity contribution >= 4 is 0 Å². The lowest BCUT2D eigenvalue weighted by molar-refractivity contribution is 0.205. The zero-order valence-corrected chi connectivity index (χ0v) is 12.8. The Kier molecular flexibility index (Phi) is 5.68. The standard InChI is InChI=1S/C16H26N2O2/c1-4-18-10-8-14(9-11-18)17-12-13-6-5-7-15(19-2)16(13)20-3/h5-7,14,17H,4,8-12H2,1-3H3. The van der Waals surface area contributed by atoms with Crippen LogP contribution in [0.4, 0.5) is 0 Å². The second-order valence-electron chi connectivity index (χ2n) is 5.24. The minimum Gasteiger partial charge on any atom is -0.493 e. The van der Waals surface area contributed by atoms with Gasteiger partial charge in [0.2, 0.25) is 0 Å². The minimum absolute atomic E-state index is 0.605. The first-order chi connectivity index (χ1) is 9.78. The Morgan fingerprint density at radius 2 is 1.95 bits per heavy atom. The highest BCUT2D eigenvalue weighted by molar-refractivity contribution is 5.46. The summed E-state index contributed by atoms with van der Waals surface area (Å²) in [4.78, 5) is 2.50. The molecule has 1 aromatic rings. The molecule has 4 heteroatoms. The molecule has 1 aliphatic heterocycles. The number of piperidine rings is 1. The number of ether oxygens (including phenoxy) is 2. The first kappa shape index (κ1) is 15.1. The monoisotopic (exact) mass is 278 g/mol. The summed E-state index contributed by atoms with van der Waals surface area (Å²) in [7, 11) is 3.37.